The largest absolute Gasteiger partial charge is 0.508 e. The number of carboxylic acid groups (broad SMARTS) is 1. The molecule has 1 aromatic carbocycles. The number of phenolic OH excluding ortho intramolecular Hbond substituents is 1. The number of aliphatic hydroxyl groups excluding tert-OH is 1. The molecular weight excluding hydrogens is 552 g/mol. The number of hydrogen-bond donors (Lipinski definition) is 7. The predicted molar refractivity (Wildman–Crippen MR) is 160 cm³/mol. The Labute approximate surface area is 253 Å². The van der Waals surface area contributed by atoms with Crippen molar-refractivity contribution in [3.8, 4) is 5.75 Å². The van der Waals surface area contributed by atoms with Gasteiger partial charge in [-0.25, -0.2) is 0 Å². The number of carbonyl (C=O) groups excluding carboxylic acids is 3. The molecule has 3 aliphatic rings. The van der Waals surface area contributed by atoms with Gasteiger partial charge in [0.25, 0.3) is 0 Å². The molecule has 43 heavy (non-hydrogen) atoms. The topological polar surface area (TPSA) is 191 Å². The second-order valence-electron chi connectivity index (χ2n) is 13.2. The molecular formula is C32H48N4O7. The minimum Gasteiger partial charge on any atom is -0.508 e. The lowest BCUT2D eigenvalue weighted by molar-refractivity contribution is -0.138. The summed E-state index contributed by atoms with van der Waals surface area (Å²) in [5.41, 5.74) is 8.00. The maximum Gasteiger partial charge on any atom is 0.303 e. The predicted octanol–water partition coefficient (Wildman–Crippen LogP) is 1.93. The van der Waals surface area contributed by atoms with Gasteiger partial charge in [-0.05, 0) is 118 Å². The van der Waals surface area contributed by atoms with Gasteiger partial charge in [-0.3, -0.25) is 19.2 Å². The summed E-state index contributed by atoms with van der Waals surface area (Å²) in [4.78, 5) is 48.5. The Morgan fingerprint density at radius 2 is 1.84 bits per heavy atom. The molecule has 0 unspecified atom stereocenters. The zero-order chi connectivity index (χ0) is 31.5. The minimum atomic E-state index is -1.09. The minimum absolute atomic E-state index is 0.0897. The molecule has 0 aliphatic heterocycles. The smallest absolute Gasteiger partial charge is 0.303 e. The SMILES string of the molecule is C[C@H](N)C(=O)N[C@@H](C)C(=O)N[C@@H](CCC(=O)O)C(=O)NCCC[C@H]1C[C@H]2[C@@H]3CCc4cc(O)ccc4[C@H]3CC[C@]2(C)[C@H]1O. The molecule has 0 aromatic heterocycles. The highest BCUT2D eigenvalue weighted by Gasteiger charge is 2.57. The number of carboxylic acids is 1. The molecule has 4 rings (SSSR count). The molecule has 0 bridgehead atoms. The number of hydrogen-bond acceptors (Lipinski definition) is 7. The molecule has 1 aromatic rings. The Morgan fingerprint density at radius 1 is 1.09 bits per heavy atom. The van der Waals surface area contributed by atoms with Gasteiger partial charge in [-0.15, -0.1) is 0 Å². The first-order valence-electron chi connectivity index (χ1n) is 15.7. The van der Waals surface area contributed by atoms with Crippen LogP contribution in [0.4, 0.5) is 0 Å². The average Bonchev–Trinajstić information content (AvgIpc) is 3.22. The van der Waals surface area contributed by atoms with E-state index in [1.54, 1.807) is 6.07 Å². The van der Waals surface area contributed by atoms with Crippen molar-refractivity contribution >= 4 is 23.7 Å². The third-order valence-corrected chi connectivity index (χ3v) is 10.3. The molecule has 2 fully saturated rings. The van der Waals surface area contributed by atoms with E-state index in [0.717, 1.165) is 38.5 Å². The van der Waals surface area contributed by atoms with E-state index in [1.807, 2.05) is 6.07 Å². The number of benzene rings is 1. The van der Waals surface area contributed by atoms with Crippen LogP contribution in [0.1, 0.15) is 89.2 Å². The fourth-order valence-electron chi connectivity index (χ4n) is 7.94. The molecule has 0 saturated heterocycles. The molecule has 2 saturated carbocycles. The van der Waals surface area contributed by atoms with Gasteiger partial charge in [0.15, 0.2) is 0 Å². The van der Waals surface area contributed by atoms with Crippen molar-refractivity contribution in [1.82, 2.24) is 16.0 Å². The normalized spacial score (nSPS) is 29.7. The number of phenols is 1. The third kappa shape index (κ3) is 7.32. The van der Waals surface area contributed by atoms with E-state index in [1.165, 1.54) is 25.0 Å². The summed E-state index contributed by atoms with van der Waals surface area (Å²) in [7, 11) is 0. The van der Waals surface area contributed by atoms with Gasteiger partial charge in [0.1, 0.15) is 17.8 Å². The summed E-state index contributed by atoms with van der Waals surface area (Å²) in [6.45, 7) is 5.52. The van der Waals surface area contributed by atoms with Gasteiger partial charge in [0, 0.05) is 13.0 Å². The highest BCUT2D eigenvalue weighted by atomic mass is 16.4. The maximum absolute atomic E-state index is 12.9. The molecule has 238 valence electrons. The third-order valence-electron chi connectivity index (χ3n) is 10.3. The summed E-state index contributed by atoms with van der Waals surface area (Å²) < 4.78 is 0. The van der Waals surface area contributed by atoms with Crippen LogP contribution in [0.5, 0.6) is 5.75 Å². The number of aliphatic hydroxyl groups is 1. The molecule has 8 N–H and O–H groups in total. The highest BCUT2D eigenvalue weighted by Crippen LogP contribution is 2.62. The maximum atomic E-state index is 12.9. The van der Waals surface area contributed by atoms with Crippen molar-refractivity contribution in [2.24, 2.45) is 28.9 Å². The van der Waals surface area contributed by atoms with Crippen LogP contribution < -0.4 is 21.7 Å². The first kappa shape index (κ1) is 32.7. The fraction of sp³-hybridized carbons (Fsp3) is 0.688. The van der Waals surface area contributed by atoms with Crippen molar-refractivity contribution in [2.75, 3.05) is 6.54 Å². The number of aromatic hydroxyl groups is 1. The van der Waals surface area contributed by atoms with Crippen LogP contribution in [0.15, 0.2) is 18.2 Å². The Morgan fingerprint density at radius 3 is 2.53 bits per heavy atom. The number of amides is 3. The molecule has 3 aliphatic carbocycles. The molecule has 0 radical (unpaired) electrons. The second kappa shape index (κ2) is 13.6. The van der Waals surface area contributed by atoms with Crippen LogP contribution in [0.2, 0.25) is 0 Å². The lowest BCUT2D eigenvalue weighted by Crippen LogP contribution is -2.54. The van der Waals surface area contributed by atoms with E-state index in [4.69, 9.17) is 10.8 Å². The van der Waals surface area contributed by atoms with Gasteiger partial charge >= 0.3 is 5.97 Å². The van der Waals surface area contributed by atoms with Crippen LogP contribution in [0.3, 0.4) is 0 Å². The molecule has 11 nitrogen and oxygen atoms in total. The number of fused-ring (bicyclic) bond motifs is 5. The van der Waals surface area contributed by atoms with Crippen LogP contribution in [0.25, 0.3) is 0 Å². The van der Waals surface area contributed by atoms with Gasteiger partial charge in [-0.2, -0.15) is 0 Å². The van der Waals surface area contributed by atoms with E-state index in [-0.39, 0.29) is 24.2 Å². The zero-order valence-corrected chi connectivity index (χ0v) is 25.5. The number of nitrogens with two attached hydrogens (primary N) is 1. The van der Waals surface area contributed by atoms with Crippen LogP contribution in [-0.2, 0) is 25.6 Å². The van der Waals surface area contributed by atoms with Crippen molar-refractivity contribution in [2.45, 2.75) is 109 Å². The summed E-state index contributed by atoms with van der Waals surface area (Å²) in [5, 5.41) is 38.4. The number of aliphatic carboxylic acids is 1. The Hall–Kier alpha value is -3.18. The summed E-state index contributed by atoms with van der Waals surface area (Å²) >= 11 is 0. The Balaban J connectivity index is 1.30. The number of rotatable bonds is 12. The van der Waals surface area contributed by atoms with Crippen LogP contribution in [0, 0.1) is 23.2 Å². The molecule has 9 atom stereocenters. The zero-order valence-electron chi connectivity index (χ0n) is 25.5. The summed E-state index contributed by atoms with van der Waals surface area (Å²) in [6, 6.07) is 2.95. The summed E-state index contributed by atoms with van der Waals surface area (Å²) in [5.74, 6) is -0.857. The number of nitrogens with one attached hydrogen (secondary N) is 3. The molecule has 11 heteroatoms. The van der Waals surface area contributed by atoms with E-state index in [9.17, 15) is 29.4 Å². The van der Waals surface area contributed by atoms with Crippen molar-refractivity contribution in [3.05, 3.63) is 29.3 Å². The second-order valence-corrected chi connectivity index (χ2v) is 13.2. The van der Waals surface area contributed by atoms with E-state index in [0.29, 0.717) is 36.5 Å². The lowest BCUT2D eigenvalue weighted by atomic mass is 9.55. The van der Waals surface area contributed by atoms with Crippen LogP contribution >= 0.6 is 0 Å². The molecule has 0 spiro atoms. The fourth-order valence-corrected chi connectivity index (χ4v) is 7.94. The average molecular weight is 601 g/mol. The van der Waals surface area contributed by atoms with Gasteiger partial charge < -0.3 is 37.0 Å². The van der Waals surface area contributed by atoms with E-state index < -0.39 is 47.9 Å². The van der Waals surface area contributed by atoms with E-state index >= 15 is 0 Å². The first-order chi connectivity index (χ1) is 20.3. The van der Waals surface area contributed by atoms with Gasteiger partial charge in [0.2, 0.25) is 17.7 Å². The van der Waals surface area contributed by atoms with Crippen molar-refractivity contribution < 1.29 is 34.5 Å². The summed E-state index contributed by atoms with van der Waals surface area (Å²) in [6.07, 6.45) is 5.54. The Kier molecular flexibility index (Phi) is 10.4. The number of carbonyl (C=O) groups is 4. The van der Waals surface area contributed by atoms with Gasteiger partial charge in [-0.1, -0.05) is 13.0 Å². The van der Waals surface area contributed by atoms with Gasteiger partial charge in [0.05, 0.1) is 12.1 Å². The first-order valence-corrected chi connectivity index (χ1v) is 15.7. The monoisotopic (exact) mass is 600 g/mol. The quantitative estimate of drug-likeness (QED) is 0.177. The lowest BCUT2D eigenvalue weighted by Gasteiger charge is -2.50. The molecule has 0 heterocycles. The van der Waals surface area contributed by atoms with E-state index in [2.05, 4.69) is 28.9 Å². The Bertz CT molecular complexity index is 1210. The highest BCUT2D eigenvalue weighted by molar-refractivity contribution is 5.92. The van der Waals surface area contributed by atoms with Crippen molar-refractivity contribution in [1.29, 1.82) is 0 Å². The van der Waals surface area contributed by atoms with Crippen molar-refractivity contribution in [3.63, 3.8) is 0 Å². The van der Waals surface area contributed by atoms with Crippen LogP contribution in [-0.4, -0.2) is 69.8 Å². The molecule has 3 amide bonds. The number of aryl methyl sites for hydroxylation is 1. The standard InChI is InChI=1S/C32H48N4O7/c1-17(33)29(41)35-18(2)30(42)36-26(10-11-27(38)39)31(43)34-14-4-5-20-16-25-24-8-6-19-15-21(37)7-9-22(19)23(24)12-13-32(25,3)28(20)40/h7,9,15,17-18,20,23-26,28,37,40H,4-6,8,10-14,16,33H2,1-3H3,(H,34,43)(H,35,41)(H,36,42)(H,38,39)/t17-,18-,20-,23+,24+,25-,26-,28-,32-/m0/s1.